The average molecular weight is 405 g/mol. The Morgan fingerprint density at radius 2 is 2.17 bits per heavy atom. The van der Waals surface area contributed by atoms with E-state index in [0.717, 1.165) is 0 Å². The molecule has 0 bridgehead atoms. The van der Waals surface area contributed by atoms with Crippen LogP contribution in [0, 0.1) is 18.8 Å². The van der Waals surface area contributed by atoms with Crippen LogP contribution in [0.25, 0.3) is 33.9 Å². The maximum absolute atomic E-state index is 11.7. The van der Waals surface area contributed by atoms with E-state index in [2.05, 4.69) is 42.2 Å². The monoisotopic (exact) mass is 405 g/mol. The van der Waals surface area contributed by atoms with Crippen molar-refractivity contribution in [1.82, 2.24) is 39.7 Å². The van der Waals surface area contributed by atoms with Crippen molar-refractivity contribution in [2.45, 2.75) is 26.8 Å². The number of H-pyrrole nitrogens is 1. The summed E-state index contributed by atoms with van der Waals surface area (Å²) in [4.78, 5) is 20.6. The molecule has 4 rings (SSSR count). The van der Waals surface area contributed by atoms with Crippen molar-refractivity contribution in [3.05, 3.63) is 23.7 Å². The van der Waals surface area contributed by atoms with Gasteiger partial charge in [-0.05, 0) is 19.9 Å². The number of pyridine rings is 1. The van der Waals surface area contributed by atoms with Crippen molar-refractivity contribution in [3.8, 4) is 40.6 Å². The number of primary amides is 1. The Morgan fingerprint density at radius 1 is 1.37 bits per heavy atom. The van der Waals surface area contributed by atoms with Crippen LogP contribution in [0.4, 0.5) is 0 Å². The summed E-state index contributed by atoms with van der Waals surface area (Å²) in [5, 5.41) is 26.8. The van der Waals surface area contributed by atoms with Gasteiger partial charge in [0, 0.05) is 18.9 Å². The van der Waals surface area contributed by atoms with Gasteiger partial charge in [-0.2, -0.15) is 15.3 Å². The first-order valence-electron chi connectivity index (χ1n) is 9.12. The molecule has 11 nitrogen and oxygen atoms in total. The Kier molecular flexibility index (Phi) is 4.67. The quantitative estimate of drug-likeness (QED) is 0.421. The molecule has 0 fully saturated rings. The highest BCUT2D eigenvalue weighted by molar-refractivity contribution is 5.99. The molecule has 4 N–H and O–H groups in total. The van der Waals surface area contributed by atoms with Gasteiger partial charge in [-0.25, -0.2) is 9.97 Å². The zero-order valence-corrected chi connectivity index (χ0v) is 16.6. The maximum Gasteiger partial charge on any atom is 0.267 e. The molecule has 0 saturated carbocycles. The van der Waals surface area contributed by atoms with E-state index in [1.165, 1.54) is 0 Å². The fourth-order valence-electron chi connectivity index (χ4n) is 3.17. The van der Waals surface area contributed by atoms with Gasteiger partial charge in [0.25, 0.3) is 5.91 Å². The van der Waals surface area contributed by atoms with E-state index in [-0.39, 0.29) is 17.3 Å². The zero-order chi connectivity index (χ0) is 21.4. The number of hydrogen-bond donors (Lipinski definition) is 3. The summed E-state index contributed by atoms with van der Waals surface area (Å²) in [6.07, 6.45) is 2.19. The van der Waals surface area contributed by atoms with Crippen LogP contribution in [0.1, 0.15) is 29.5 Å². The number of nitrogens with two attached hydrogens (primary N) is 1. The first-order chi connectivity index (χ1) is 14.4. The number of aromatic nitrogens is 8. The van der Waals surface area contributed by atoms with Crippen LogP contribution in [0.15, 0.2) is 12.3 Å². The summed E-state index contributed by atoms with van der Waals surface area (Å²) in [7, 11) is 1.75. The number of fused-ring (bicyclic) bond motifs is 1. The van der Waals surface area contributed by atoms with E-state index in [1.807, 2.05) is 0 Å². The SMILES string of the molecule is CC#CCCn1nc(C)c(O)c1-c1nc(-c2nc(C(N)=O)cc3c2cnn3C)n[nH]1. The predicted molar refractivity (Wildman–Crippen MR) is 108 cm³/mol. The first-order valence-corrected chi connectivity index (χ1v) is 9.12. The third kappa shape index (κ3) is 3.14. The van der Waals surface area contributed by atoms with Crippen molar-refractivity contribution < 1.29 is 9.90 Å². The van der Waals surface area contributed by atoms with Crippen LogP contribution >= 0.6 is 0 Å². The Balaban J connectivity index is 1.83. The molecule has 0 radical (unpaired) electrons. The molecule has 30 heavy (non-hydrogen) atoms. The highest BCUT2D eigenvalue weighted by atomic mass is 16.3. The van der Waals surface area contributed by atoms with Crippen LogP contribution in [0.3, 0.4) is 0 Å². The summed E-state index contributed by atoms with van der Waals surface area (Å²) in [6, 6.07) is 1.57. The lowest BCUT2D eigenvalue weighted by Gasteiger charge is -2.03. The molecule has 0 saturated heterocycles. The number of aryl methyl sites for hydroxylation is 3. The minimum absolute atomic E-state index is 0.00697. The van der Waals surface area contributed by atoms with Crippen molar-refractivity contribution in [1.29, 1.82) is 0 Å². The zero-order valence-electron chi connectivity index (χ0n) is 16.6. The lowest BCUT2D eigenvalue weighted by molar-refractivity contribution is 0.0996. The van der Waals surface area contributed by atoms with E-state index in [1.54, 1.807) is 42.5 Å². The lowest BCUT2D eigenvalue weighted by Crippen LogP contribution is -2.13. The van der Waals surface area contributed by atoms with E-state index >= 15 is 0 Å². The van der Waals surface area contributed by atoms with Gasteiger partial charge in [-0.3, -0.25) is 19.3 Å². The minimum Gasteiger partial charge on any atom is -0.504 e. The second-order valence-corrected chi connectivity index (χ2v) is 6.61. The van der Waals surface area contributed by atoms with E-state index in [9.17, 15) is 9.90 Å². The molecule has 152 valence electrons. The van der Waals surface area contributed by atoms with Gasteiger partial charge in [0.1, 0.15) is 22.8 Å². The molecular formula is C19H19N9O2. The summed E-state index contributed by atoms with van der Waals surface area (Å²) >= 11 is 0. The van der Waals surface area contributed by atoms with Gasteiger partial charge in [0.2, 0.25) is 5.82 Å². The van der Waals surface area contributed by atoms with Crippen molar-refractivity contribution >= 4 is 16.8 Å². The maximum atomic E-state index is 11.7. The molecule has 0 unspecified atom stereocenters. The third-order valence-corrected chi connectivity index (χ3v) is 4.64. The number of rotatable bonds is 5. The lowest BCUT2D eigenvalue weighted by atomic mass is 10.2. The number of hydrogen-bond acceptors (Lipinski definition) is 7. The fraction of sp³-hybridized carbons (Fsp3) is 0.263. The summed E-state index contributed by atoms with van der Waals surface area (Å²) < 4.78 is 3.24. The molecule has 0 aliphatic carbocycles. The topological polar surface area (TPSA) is 153 Å². The molecular weight excluding hydrogens is 386 g/mol. The van der Waals surface area contributed by atoms with Crippen LogP contribution in [-0.4, -0.2) is 50.7 Å². The highest BCUT2D eigenvalue weighted by Crippen LogP contribution is 2.32. The van der Waals surface area contributed by atoms with Gasteiger partial charge in [-0.1, -0.05) is 0 Å². The number of nitrogens with zero attached hydrogens (tertiary/aromatic N) is 7. The first kappa shape index (κ1) is 19.1. The van der Waals surface area contributed by atoms with E-state index < -0.39 is 5.91 Å². The van der Waals surface area contributed by atoms with Crippen molar-refractivity contribution in [2.75, 3.05) is 0 Å². The smallest absolute Gasteiger partial charge is 0.267 e. The Bertz CT molecular complexity index is 1330. The van der Waals surface area contributed by atoms with Crippen LogP contribution in [-0.2, 0) is 13.6 Å². The number of carbonyl (C=O) groups excluding carboxylic acids is 1. The summed E-state index contributed by atoms with van der Waals surface area (Å²) in [5.41, 5.74) is 7.40. The van der Waals surface area contributed by atoms with E-state index in [0.29, 0.717) is 46.8 Å². The molecule has 0 spiro atoms. The highest BCUT2D eigenvalue weighted by Gasteiger charge is 2.22. The Hall–Kier alpha value is -4.20. The number of carbonyl (C=O) groups is 1. The molecule has 0 aromatic carbocycles. The number of aromatic hydroxyl groups is 1. The normalized spacial score (nSPS) is 10.9. The molecule has 1 amide bonds. The number of amides is 1. The fourth-order valence-corrected chi connectivity index (χ4v) is 3.17. The van der Waals surface area contributed by atoms with Crippen molar-refractivity contribution in [2.24, 2.45) is 12.8 Å². The molecule has 0 atom stereocenters. The van der Waals surface area contributed by atoms with Gasteiger partial charge in [0.15, 0.2) is 11.6 Å². The molecule has 11 heteroatoms. The Labute approximate surface area is 170 Å². The molecule has 0 aliphatic heterocycles. The minimum atomic E-state index is -0.668. The summed E-state index contributed by atoms with van der Waals surface area (Å²) in [5.74, 6) is 5.70. The molecule has 4 aromatic rings. The molecule has 0 aliphatic rings. The van der Waals surface area contributed by atoms with Gasteiger partial charge in [0.05, 0.1) is 18.3 Å². The third-order valence-electron chi connectivity index (χ3n) is 4.64. The number of nitrogens with one attached hydrogen (secondary N) is 1. The van der Waals surface area contributed by atoms with Crippen LogP contribution < -0.4 is 5.73 Å². The van der Waals surface area contributed by atoms with Gasteiger partial charge >= 0.3 is 0 Å². The second-order valence-electron chi connectivity index (χ2n) is 6.61. The van der Waals surface area contributed by atoms with Crippen LogP contribution in [0.5, 0.6) is 5.75 Å². The second kappa shape index (κ2) is 7.32. The number of aromatic amines is 1. The summed E-state index contributed by atoms with van der Waals surface area (Å²) in [6.45, 7) is 3.95. The predicted octanol–water partition coefficient (Wildman–Crippen LogP) is 1.14. The van der Waals surface area contributed by atoms with E-state index in [4.69, 9.17) is 5.73 Å². The van der Waals surface area contributed by atoms with Crippen molar-refractivity contribution in [3.63, 3.8) is 0 Å². The molecule has 4 aromatic heterocycles. The Morgan fingerprint density at radius 3 is 2.90 bits per heavy atom. The standard InChI is InChI=1S/C19H19N9O2/c1-4-5-6-7-28-15(16(29)10(2)26-28)19-23-18(24-25-19)14-11-9-21-27(3)13(11)8-12(22-14)17(20)30/h8-9,29H,6-7H2,1-3H3,(H2,20,30)(H,23,24,25). The average Bonchev–Trinajstić information content (AvgIpc) is 3.41. The largest absolute Gasteiger partial charge is 0.504 e. The van der Waals surface area contributed by atoms with Crippen LogP contribution in [0.2, 0.25) is 0 Å². The molecule has 4 heterocycles. The van der Waals surface area contributed by atoms with Gasteiger partial charge in [-0.15, -0.1) is 11.8 Å². The van der Waals surface area contributed by atoms with Gasteiger partial charge < -0.3 is 10.8 Å².